The highest BCUT2D eigenvalue weighted by Crippen LogP contribution is 2.02. The number of ether oxygens (including phenoxy) is 1. The molecule has 0 aliphatic carbocycles. The molecule has 0 bridgehead atoms. The van der Waals surface area contributed by atoms with Crippen LogP contribution in [0, 0.1) is 0 Å². The number of rotatable bonds is 5. The van der Waals surface area contributed by atoms with Gasteiger partial charge in [-0.2, -0.15) is 5.10 Å². The van der Waals surface area contributed by atoms with Crippen molar-refractivity contribution in [3.63, 3.8) is 0 Å². The molecule has 0 aliphatic heterocycles. The summed E-state index contributed by atoms with van der Waals surface area (Å²) in [6.45, 7) is 2.54. The lowest BCUT2D eigenvalue weighted by Crippen LogP contribution is -2.22. The summed E-state index contributed by atoms with van der Waals surface area (Å²) in [5.74, 6) is -0.365. The van der Waals surface area contributed by atoms with Crippen LogP contribution in [0.5, 0.6) is 0 Å². The molecule has 1 amide bonds. The predicted octanol–water partition coefficient (Wildman–Crippen LogP) is 0.538. The summed E-state index contributed by atoms with van der Waals surface area (Å²) in [6, 6.07) is 0. The third-order valence-corrected chi connectivity index (χ3v) is 2.20. The molecule has 17 heavy (non-hydrogen) atoms. The first-order valence-corrected chi connectivity index (χ1v) is 5.44. The van der Waals surface area contributed by atoms with E-state index >= 15 is 0 Å². The molecule has 1 rings (SSSR count). The van der Waals surface area contributed by atoms with Crippen LogP contribution in [-0.2, 0) is 16.1 Å². The zero-order valence-corrected chi connectivity index (χ0v) is 10.3. The van der Waals surface area contributed by atoms with Crippen LogP contribution in [0.3, 0.4) is 0 Å². The van der Waals surface area contributed by atoms with Gasteiger partial charge in [0, 0.05) is 33.3 Å². The van der Waals surface area contributed by atoms with Crippen LogP contribution in [-0.4, -0.2) is 47.3 Å². The number of aryl methyl sites for hydroxylation is 1. The molecule has 0 fully saturated rings. The molecule has 0 saturated heterocycles. The summed E-state index contributed by atoms with van der Waals surface area (Å²) in [5, 5.41) is 4.00. The smallest absolute Gasteiger partial charge is 0.341 e. The predicted molar refractivity (Wildman–Crippen MR) is 61.5 cm³/mol. The number of aromatic nitrogens is 2. The average Bonchev–Trinajstić information content (AvgIpc) is 2.74. The maximum absolute atomic E-state index is 11.4. The summed E-state index contributed by atoms with van der Waals surface area (Å²) >= 11 is 0. The van der Waals surface area contributed by atoms with Crippen molar-refractivity contribution in [3.05, 3.63) is 18.0 Å². The minimum absolute atomic E-state index is 0.0261. The van der Waals surface area contributed by atoms with Gasteiger partial charge in [-0.3, -0.25) is 9.48 Å². The van der Waals surface area contributed by atoms with E-state index in [4.69, 9.17) is 4.74 Å². The monoisotopic (exact) mass is 239 g/mol. The van der Waals surface area contributed by atoms with Gasteiger partial charge in [-0.15, -0.1) is 0 Å². The number of hydrogen-bond acceptors (Lipinski definition) is 4. The van der Waals surface area contributed by atoms with E-state index in [9.17, 15) is 9.59 Å². The van der Waals surface area contributed by atoms with E-state index in [1.165, 1.54) is 11.1 Å². The molecule has 0 unspecified atom stereocenters. The lowest BCUT2D eigenvalue weighted by molar-refractivity contribution is -0.128. The van der Waals surface area contributed by atoms with E-state index in [2.05, 4.69) is 5.10 Å². The van der Waals surface area contributed by atoms with E-state index in [1.54, 1.807) is 31.9 Å². The SMILES string of the molecule is CCOC(=O)c1cnn(CCC(=O)N(C)C)c1. The summed E-state index contributed by atoms with van der Waals surface area (Å²) in [7, 11) is 3.41. The van der Waals surface area contributed by atoms with Crippen LogP contribution < -0.4 is 0 Å². The van der Waals surface area contributed by atoms with Crippen molar-refractivity contribution < 1.29 is 14.3 Å². The third-order valence-electron chi connectivity index (χ3n) is 2.20. The Bertz CT molecular complexity index is 398. The van der Waals surface area contributed by atoms with E-state index < -0.39 is 5.97 Å². The first-order valence-electron chi connectivity index (χ1n) is 5.44. The van der Waals surface area contributed by atoms with Crippen LogP contribution in [0.1, 0.15) is 23.7 Å². The largest absolute Gasteiger partial charge is 0.462 e. The minimum Gasteiger partial charge on any atom is -0.462 e. The molecule has 0 N–H and O–H groups in total. The van der Waals surface area contributed by atoms with Crippen molar-refractivity contribution in [2.24, 2.45) is 0 Å². The number of carbonyl (C=O) groups excluding carboxylic acids is 2. The maximum atomic E-state index is 11.4. The van der Waals surface area contributed by atoms with E-state index in [0.717, 1.165) is 0 Å². The quantitative estimate of drug-likeness (QED) is 0.703. The van der Waals surface area contributed by atoms with Gasteiger partial charge in [0.15, 0.2) is 0 Å². The Kier molecular flexibility index (Phi) is 4.68. The van der Waals surface area contributed by atoms with Crippen molar-refractivity contribution in [1.29, 1.82) is 0 Å². The van der Waals surface area contributed by atoms with Crippen LogP contribution in [0.4, 0.5) is 0 Å². The number of carbonyl (C=O) groups is 2. The highest BCUT2D eigenvalue weighted by Gasteiger charge is 2.10. The lowest BCUT2D eigenvalue weighted by atomic mass is 10.3. The summed E-state index contributed by atoms with van der Waals surface area (Å²) in [5.41, 5.74) is 0.407. The second kappa shape index (κ2) is 6.03. The highest BCUT2D eigenvalue weighted by atomic mass is 16.5. The molecule has 0 aliphatic rings. The molecule has 94 valence electrons. The topological polar surface area (TPSA) is 64.4 Å². The van der Waals surface area contributed by atoms with Crippen molar-refractivity contribution in [2.45, 2.75) is 19.9 Å². The van der Waals surface area contributed by atoms with Gasteiger partial charge in [0.1, 0.15) is 0 Å². The van der Waals surface area contributed by atoms with Crippen LogP contribution in [0.2, 0.25) is 0 Å². The van der Waals surface area contributed by atoms with E-state index in [1.807, 2.05) is 0 Å². The van der Waals surface area contributed by atoms with E-state index in [0.29, 0.717) is 25.1 Å². The lowest BCUT2D eigenvalue weighted by Gasteiger charge is -2.09. The van der Waals surface area contributed by atoms with Crippen molar-refractivity contribution in [1.82, 2.24) is 14.7 Å². The van der Waals surface area contributed by atoms with Gasteiger partial charge in [-0.1, -0.05) is 0 Å². The van der Waals surface area contributed by atoms with Gasteiger partial charge in [0.25, 0.3) is 0 Å². The van der Waals surface area contributed by atoms with Gasteiger partial charge in [-0.05, 0) is 6.92 Å². The Balaban J connectivity index is 2.51. The standard InChI is InChI=1S/C11H17N3O3/c1-4-17-11(16)9-7-12-14(8-9)6-5-10(15)13(2)3/h7-8H,4-6H2,1-3H3. The van der Waals surface area contributed by atoms with E-state index in [-0.39, 0.29) is 5.91 Å². The molecule has 1 aromatic rings. The molecule has 6 nitrogen and oxygen atoms in total. The van der Waals surface area contributed by atoms with Crippen LogP contribution in [0.15, 0.2) is 12.4 Å². The zero-order chi connectivity index (χ0) is 12.8. The first kappa shape index (κ1) is 13.2. The number of nitrogens with zero attached hydrogens (tertiary/aromatic N) is 3. The fourth-order valence-corrected chi connectivity index (χ4v) is 1.24. The Hall–Kier alpha value is -1.85. The van der Waals surface area contributed by atoms with Gasteiger partial charge in [0.05, 0.1) is 18.4 Å². The fourth-order valence-electron chi connectivity index (χ4n) is 1.24. The van der Waals surface area contributed by atoms with Gasteiger partial charge < -0.3 is 9.64 Å². The van der Waals surface area contributed by atoms with Gasteiger partial charge >= 0.3 is 5.97 Å². The Labute approximate surface area is 100 Å². The molecule has 0 atom stereocenters. The number of esters is 1. The molecule has 0 spiro atoms. The fraction of sp³-hybridized carbons (Fsp3) is 0.545. The molecule has 0 aromatic carbocycles. The second-order valence-electron chi connectivity index (χ2n) is 3.75. The molecular formula is C11H17N3O3. The summed E-state index contributed by atoms with van der Waals surface area (Å²) < 4.78 is 6.40. The van der Waals surface area contributed by atoms with Crippen molar-refractivity contribution in [3.8, 4) is 0 Å². The number of hydrogen-bond donors (Lipinski definition) is 0. The average molecular weight is 239 g/mol. The maximum Gasteiger partial charge on any atom is 0.341 e. The molecule has 1 aromatic heterocycles. The zero-order valence-electron chi connectivity index (χ0n) is 10.3. The highest BCUT2D eigenvalue weighted by molar-refractivity contribution is 5.88. The van der Waals surface area contributed by atoms with Gasteiger partial charge in [0.2, 0.25) is 5.91 Å². The number of amides is 1. The summed E-state index contributed by atoms with van der Waals surface area (Å²) in [4.78, 5) is 24.2. The molecule has 1 heterocycles. The van der Waals surface area contributed by atoms with Crippen LogP contribution >= 0.6 is 0 Å². The van der Waals surface area contributed by atoms with Crippen molar-refractivity contribution >= 4 is 11.9 Å². The molecule has 6 heteroatoms. The van der Waals surface area contributed by atoms with Crippen LogP contribution in [0.25, 0.3) is 0 Å². The Morgan fingerprint density at radius 1 is 1.47 bits per heavy atom. The molecule has 0 radical (unpaired) electrons. The second-order valence-corrected chi connectivity index (χ2v) is 3.75. The first-order chi connectivity index (χ1) is 8.04. The Morgan fingerprint density at radius 2 is 2.18 bits per heavy atom. The summed E-state index contributed by atoms with van der Waals surface area (Å²) in [6.07, 6.45) is 3.38. The Morgan fingerprint density at radius 3 is 2.76 bits per heavy atom. The normalized spacial score (nSPS) is 10.1. The van der Waals surface area contributed by atoms with Crippen molar-refractivity contribution in [2.75, 3.05) is 20.7 Å². The molecular weight excluding hydrogens is 222 g/mol. The van der Waals surface area contributed by atoms with Gasteiger partial charge in [-0.25, -0.2) is 4.79 Å². The minimum atomic E-state index is -0.391. The third kappa shape index (κ3) is 3.90. The molecule has 0 saturated carbocycles.